The van der Waals surface area contributed by atoms with Crippen LogP contribution in [0.15, 0.2) is 78.5 Å². The number of nitrogens with zero attached hydrogens (tertiary/aromatic N) is 1. The molecule has 32 heavy (non-hydrogen) atoms. The van der Waals surface area contributed by atoms with Gasteiger partial charge in [0.05, 0.1) is 16.8 Å². The molecular weight excluding hydrogens is 431 g/mol. The Labute approximate surface area is 178 Å². The Morgan fingerprint density at radius 1 is 0.750 bits per heavy atom. The summed E-state index contributed by atoms with van der Waals surface area (Å²) in [6, 6.07) is 13.5. The molecule has 2 amide bonds. The van der Waals surface area contributed by atoms with Crippen LogP contribution in [0.3, 0.4) is 0 Å². The van der Waals surface area contributed by atoms with E-state index in [1.54, 1.807) is 0 Å². The Morgan fingerprint density at radius 2 is 1.41 bits per heavy atom. The highest BCUT2D eigenvalue weighted by molar-refractivity contribution is 6.46. The molecule has 162 valence electrons. The number of benzene rings is 3. The van der Waals surface area contributed by atoms with E-state index in [-0.39, 0.29) is 28.2 Å². The molecule has 3 aromatic carbocycles. The summed E-state index contributed by atoms with van der Waals surface area (Å²) in [6.45, 7) is 0. The summed E-state index contributed by atoms with van der Waals surface area (Å²) < 4.78 is 65.6. The Morgan fingerprint density at radius 3 is 2.00 bits per heavy atom. The van der Waals surface area contributed by atoms with Gasteiger partial charge in [-0.15, -0.1) is 0 Å². The van der Waals surface area contributed by atoms with Gasteiger partial charge >= 0.3 is 6.18 Å². The molecule has 0 atom stereocenters. The third kappa shape index (κ3) is 3.96. The van der Waals surface area contributed by atoms with Crippen LogP contribution in [0, 0.1) is 11.6 Å². The molecule has 3 aromatic rings. The maximum absolute atomic E-state index is 13.6. The van der Waals surface area contributed by atoms with Gasteiger partial charge in [0, 0.05) is 5.69 Å². The highest BCUT2D eigenvalue weighted by atomic mass is 19.4. The average molecular weight is 444 g/mol. The van der Waals surface area contributed by atoms with E-state index in [9.17, 15) is 31.5 Å². The minimum atomic E-state index is -4.58. The molecule has 4 nitrogen and oxygen atoms in total. The minimum absolute atomic E-state index is 0.0800. The smallest absolute Gasteiger partial charge is 0.350 e. The normalized spacial score (nSPS) is 14.3. The molecular formula is C23H13F5N2O2. The molecule has 0 bridgehead atoms. The van der Waals surface area contributed by atoms with E-state index in [1.807, 2.05) is 0 Å². The van der Waals surface area contributed by atoms with Gasteiger partial charge in [-0.2, -0.15) is 13.2 Å². The number of halogens is 5. The first-order valence-corrected chi connectivity index (χ1v) is 9.24. The van der Waals surface area contributed by atoms with Crippen LogP contribution in [-0.4, -0.2) is 11.8 Å². The number of rotatable bonds is 4. The number of hydrogen-bond acceptors (Lipinski definition) is 3. The molecule has 9 heteroatoms. The zero-order valence-electron chi connectivity index (χ0n) is 16.1. The van der Waals surface area contributed by atoms with Gasteiger partial charge < -0.3 is 5.32 Å². The van der Waals surface area contributed by atoms with Crippen LogP contribution in [0.25, 0.3) is 5.57 Å². The standard InChI is InChI=1S/C23H13F5N2O2/c24-15-8-4-13(5-9-15)19-20(29-17-3-1-2-16(25)12-17)22(32)30(21(19)31)18-10-6-14(7-11-18)23(26,27)28/h1-12,29H. The lowest BCUT2D eigenvalue weighted by Gasteiger charge is -2.16. The lowest BCUT2D eigenvalue weighted by Crippen LogP contribution is -2.32. The van der Waals surface area contributed by atoms with Crippen molar-refractivity contribution in [2.75, 3.05) is 10.2 Å². The number of amides is 2. The molecule has 0 radical (unpaired) electrons. The predicted molar refractivity (Wildman–Crippen MR) is 107 cm³/mol. The Kier molecular flexibility index (Phi) is 5.25. The first kappa shape index (κ1) is 21.2. The first-order chi connectivity index (χ1) is 15.1. The van der Waals surface area contributed by atoms with E-state index in [4.69, 9.17) is 0 Å². The first-order valence-electron chi connectivity index (χ1n) is 9.24. The zero-order chi connectivity index (χ0) is 23.0. The third-order valence-electron chi connectivity index (χ3n) is 4.76. The van der Waals surface area contributed by atoms with Crippen molar-refractivity contribution in [2.24, 2.45) is 0 Å². The molecule has 0 unspecified atom stereocenters. The van der Waals surface area contributed by atoms with Gasteiger partial charge in [0.1, 0.15) is 17.3 Å². The van der Waals surface area contributed by atoms with Crippen LogP contribution in [0.4, 0.5) is 33.3 Å². The fourth-order valence-corrected chi connectivity index (χ4v) is 3.27. The van der Waals surface area contributed by atoms with Crippen LogP contribution in [0.1, 0.15) is 11.1 Å². The summed E-state index contributed by atoms with van der Waals surface area (Å²) in [5.41, 5.74) is -0.979. The van der Waals surface area contributed by atoms with Gasteiger partial charge in [-0.25, -0.2) is 13.7 Å². The Hall–Kier alpha value is -4.01. The molecule has 0 spiro atoms. The van der Waals surface area contributed by atoms with Crippen LogP contribution >= 0.6 is 0 Å². The van der Waals surface area contributed by atoms with E-state index in [1.165, 1.54) is 30.3 Å². The monoisotopic (exact) mass is 444 g/mol. The van der Waals surface area contributed by atoms with E-state index >= 15 is 0 Å². The van der Waals surface area contributed by atoms with Crippen molar-refractivity contribution in [3.05, 3.63) is 101 Å². The van der Waals surface area contributed by atoms with Crippen molar-refractivity contribution in [1.82, 2.24) is 0 Å². The van der Waals surface area contributed by atoms with Crippen LogP contribution < -0.4 is 10.2 Å². The molecule has 0 saturated carbocycles. The quantitative estimate of drug-likeness (QED) is 0.434. The van der Waals surface area contributed by atoms with Crippen molar-refractivity contribution < 1.29 is 31.5 Å². The van der Waals surface area contributed by atoms with Crippen LogP contribution in [-0.2, 0) is 15.8 Å². The summed E-state index contributed by atoms with van der Waals surface area (Å²) in [7, 11) is 0. The fourth-order valence-electron chi connectivity index (χ4n) is 3.27. The SMILES string of the molecule is O=C1C(Nc2cccc(F)c2)=C(c2ccc(F)cc2)C(=O)N1c1ccc(C(F)(F)F)cc1. The van der Waals surface area contributed by atoms with Gasteiger partial charge in [-0.1, -0.05) is 18.2 Å². The Bertz CT molecular complexity index is 1230. The molecule has 4 rings (SSSR count). The third-order valence-corrected chi connectivity index (χ3v) is 4.76. The molecule has 1 heterocycles. The number of carbonyl (C=O) groups excluding carboxylic acids is 2. The van der Waals surface area contributed by atoms with Gasteiger partial charge in [0.15, 0.2) is 0 Å². The summed E-state index contributed by atoms with van der Waals surface area (Å²) >= 11 is 0. The van der Waals surface area contributed by atoms with Crippen molar-refractivity contribution >= 4 is 28.8 Å². The molecule has 0 aromatic heterocycles. The van der Waals surface area contributed by atoms with E-state index in [2.05, 4.69) is 5.32 Å². The van der Waals surface area contributed by atoms with Crippen molar-refractivity contribution in [3.63, 3.8) is 0 Å². The van der Waals surface area contributed by atoms with E-state index in [0.29, 0.717) is 4.90 Å². The molecule has 1 N–H and O–H groups in total. The summed E-state index contributed by atoms with van der Waals surface area (Å²) in [5, 5.41) is 2.71. The number of anilines is 2. The molecule has 0 saturated heterocycles. The highest BCUT2D eigenvalue weighted by Gasteiger charge is 2.40. The predicted octanol–water partition coefficient (Wildman–Crippen LogP) is 5.38. The van der Waals surface area contributed by atoms with Gasteiger partial charge in [-0.3, -0.25) is 9.59 Å². The maximum atomic E-state index is 13.6. The van der Waals surface area contributed by atoms with Gasteiger partial charge in [0.25, 0.3) is 11.8 Å². The van der Waals surface area contributed by atoms with Crippen molar-refractivity contribution in [1.29, 1.82) is 0 Å². The van der Waals surface area contributed by atoms with Crippen molar-refractivity contribution in [3.8, 4) is 0 Å². The van der Waals surface area contributed by atoms with E-state index in [0.717, 1.165) is 42.5 Å². The fraction of sp³-hybridized carbons (Fsp3) is 0.0435. The maximum Gasteiger partial charge on any atom is 0.416 e. The van der Waals surface area contributed by atoms with Crippen LogP contribution in [0.5, 0.6) is 0 Å². The van der Waals surface area contributed by atoms with Crippen molar-refractivity contribution in [2.45, 2.75) is 6.18 Å². The number of hydrogen-bond donors (Lipinski definition) is 1. The number of alkyl halides is 3. The summed E-state index contributed by atoms with van der Waals surface area (Å²) in [6.07, 6.45) is -4.58. The van der Waals surface area contributed by atoms with Gasteiger partial charge in [0.2, 0.25) is 0 Å². The second kappa shape index (κ2) is 7.92. The van der Waals surface area contributed by atoms with E-state index < -0.39 is 35.2 Å². The highest BCUT2D eigenvalue weighted by Crippen LogP contribution is 2.36. The number of nitrogens with one attached hydrogen (secondary N) is 1. The topological polar surface area (TPSA) is 49.4 Å². The largest absolute Gasteiger partial charge is 0.416 e. The lowest BCUT2D eigenvalue weighted by molar-refractivity contribution is -0.137. The van der Waals surface area contributed by atoms with Crippen LogP contribution in [0.2, 0.25) is 0 Å². The molecule has 0 aliphatic carbocycles. The molecule has 0 fully saturated rings. The number of carbonyl (C=O) groups is 2. The summed E-state index contributed by atoms with van der Waals surface area (Å²) in [5.74, 6) is -2.82. The molecule has 1 aliphatic heterocycles. The lowest BCUT2D eigenvalue weighted by atomic mass is 10.0. The second-order valence-electron chi connectivity index (χ2n) is 6.88. The second-order valence-corrected chi connectivity index (χ2v) is 6.88. The zero-order valence-corrected chi connectivity index (χ0v) is 16.1. The van der Waals surface area contributed by atoms with Gasteiger partial charge in [-0.05, 0) is 60.2 Å². The summed E-state index contributed by atoms with van der Waals surface area (Å²) in [4.78, 5) is 27.0. The number of imide groups is 1. The minimum Gasteiger partial charge on any atom is -0.350 e. The molecule has 1 aliphatic rings. The Balaban J connectivity index is 1.78. The average Bonchev–Trinajstić information content (AvgIpc) is 2.98.